The molecular formula is C3H4N2O4S. The number of imidazole rings is 1. The molecule has 0 saturated heterocycles. The Kier molecular flexibility index (Phi) is 1.60. The van der Waals surface area contributed by atoms with Crippen LogP contribution in [0.3, 0.4) is 0 Å². The number of nitrogens with zero attached hydrogens (tertiary/aromatic N) is 1. The summed E-state index contributed by atoms with van der Waals surface area (Å²) in [6.45, 7) is 0. The second-order valence-electron chi connectivity index (χ2n) is 1.41. The Bertz CT molecular complexity index is 288. The summed E-state index contributed by atoms with van der Waals surface area (Å²) in [5.41, 5.74) is 0. The van der Waals surface area contributed by atoms with E-state index in [0.29, 0.717) is 0 Å². The molecule has 7 heteroatoms. The first-order valence-electron chi connectivity index (χ1n) is 2.24. The highest BCUT2D eigenvalue weighted by Gasteiger charge is 2.06. The number of H-pyrrole nitrogens is 1. The molecule has 1 rings (SSSR count). The monoisotopic (exact) mass is 164 g/mol. The van der Waals surface area contributed by atoms with E-state index in [1.165, 1.54) is 12.4 Å². The standard InChI is InChI=1S/C3H4N2O4S/c6-10(7,8)9-3-4-1-2-5-3/h1-2H,(H,4,5)(H,6,7,8). The maximum Gasteiger partial charge on any atom is 0.449 e. The number of nitrogens with one attached hydrogen (secondary N) is 1. The molecule has 0 amide bonds. The molecule has 6 nitrogen and oxygen atoms in total. The minimum Gasteiger partial charge on any atom is -0.324 e. The van der Waals surface area contributed by atoms with Gasteiger partial charge in [0.05, 0.1) is 0 Å². The summed E-state index contributed by atoms with van der Waals surface area (Å²) in [6, 6.07) is -0.262. The molecule has 0 bridgehead atoms. The molecule has 1 aromatic heterocycles. The van der Waals surface area contributed by atoms with Gasteiger partial charge in [0.1, 0.15) is 0 Å². The Hall–Kier alpha value is -1.08. The van der Waals surface area contributed by atoms with Crippen molar-refractivity contribution in [2.75, 3.05) is 0 Å². The van der Waals surface area contributed by atoms with Crippen LogP contribution in [0.15, 0.2) is 12.4 Å². The Balaban J connectivity index is 2.75. The zero-order valence-electron chi connectivity index (χ0n) is 4.68. The first kappa shape index (κ1) is 7.03. The van der Waals surface area contributed by atoms with Crippen molar-refractivity contribution in [1.82, 2.24) is 9.97 Å². The minimum absolute atomic E-state index is 0.262. The summed E-state index contributed by atoms with van der Waals surface area (Å²) in [5, 5.41) is 0. The van der Waals surface area contributed by atoms with Crippen LogP contribution >= 0.6 is 0 Å². The summed E-state index contributed by atoms with van der Waals surface area (Å²) in [4.78, 5) is 5.71. The largest absolute Gasteiger partial charge is 0.449 e. The van der Waals surface area contributed by atoms with Crippen LogP contribution in [0.4, 0.5) is 0 Å². The number of hydrogen-bond donors (Lipinski definition) is 2. The molecule has 0 spiro atoms. The zero-order chi connectivity index (χ0) is 7.61. The van der Waals surface area contributed by atoms with Crippen LogP contribution in [0.2, 0.25) is 0 Å². The average molecular weight is 164 g/mol. The van der Waals surface area contributed by atoms with E-state index < -0.39 is 10.4 Å². The lowest BCUT2D eigenvalue weighted by atomic mass is 11.0. The number of rotatable bonds is 2. The molecule has 0 fully saturated rings. The van der Waals surface area contributed by atoms with Crippen molar-refractivity contribution in [3.8, 4) is 6.01 Å². The molecule has 0 aliphatic carbocycles. The van der Waals surface area contributed by atoms with E-state index in [9.17, 15) is 8.42 Å². The number of hydrogen-bond acceptors (Lipinski definition) is 4. The average Bonchev–Trinajstić information content (AvgIpc) is 2.12. The van der Waals surface area contributed by atoms with E-state index in [1.807, 2.05) is 0 Å². The van der Waals surface area contributed by atoms with Crippen molar-refractivity contribution in [2.45, 2.75) is 0 Å². The zero-order valence-corrected chi connectivity index (χ0v) is 5.50. The first-order chi connectivity index (χ1) is 4.58. The smallest absolute Gasteiger partial charge is 0.324 e. The predicted octanol–water partition coefficient (Wildman–Crippen LogP) is -0.409. The van der Waals surface area contributed by atoms with Crippen LogP contribution in [-0.4, -0.2) is 22.9 Å². The van der Waals surface area contributed by atoms with Crippen LogP contribution in [-0.2, 0) is 10.4 Å². The molecule has 0 aliphatic heterocycles. The van der Waals surface area contributed by atoms with E-state index in [4.69, 9.17) is 4.55 Å². The van der Waals surface area contributed by atoms with E-state index in [-0.39, 0.29) is 6.01 Å². The third kappa shape index (κ3) is 2.03. The van der Waals surface area contributed by atoms with E-state index in [1.54, 1.807) is 0 Å². The molecular weight excluding hydrogens is 160 g/mol. The van der Waals surface area contributed by atoms with Crippen LogP contribution in [0, 0.1) is 0 Å². The van der Waals surface area contributed by atoms with Gasteiger partial charge < -0.3 is 9.17 Å². The van der Waals surface area contributed by atoms with Crippen molar-refractivity contribution in [2.24, 2.45) is 0 Å². The van der Waals surface area contributed by atoms with Gasteiger partial charge in [-0.05, 0) is 0 Å². The van der Waals surface area contributed by atoms with Crippen molar-refractivity contribution < 1.29 is 17.2 Å². The fraction of sp³-hybridized carbons (Fsp3) is 0. The maximum absolute atomic E-state index is 9.97. The summed E-state index contributed by atoms with van der Waals surface area (Å²) in [6.07, 6.45) is 2.65. The van der Waals surface area contributed by atoms with Gasteiger partial charge in [0, 0.05) is 12.4 Å². The van der Waals surface area contributed by atoms with Gasteiger partial charge in [-0.3, -0.25) is 4.55 Å². The molecule has 0 atom stereocenters. The van der Waals surface area contributed by atoms with E-state index in [2.05, 4.69) is 14.2 Å². The Morgan fingerprint density at radius 1 is 1.70 bits per heavy atom. The van der Waals surface area contributed by atoms with E-state index >= 15 is 0 Å². The number of aromatic amines is 1. The lowest BCUT2D eigenvalue weighted by Gasteiger charge is -1.92. The van der Waals surface area contributed by atoms with Gasteiger partial charge in [0.25, 0.3) is 0 Å². The highest BCUT2D eigenvalue weighted by molar-refractivity contribution is 7.81. The van der Waals surface area contributed by atoms with Crippen molar-refractivity contribution in [1.29, 1.82) is 0 Å². The lowest BCUT2D eigenvalue weighted by Crippen LogP contribution is -2.07. The van der Waals surface area contributed by atoms with Crippen LogP contribution in [0.25, 0.3) is 0 Å². The normalized spacial score (nSPS) is 11.3. The Labute approximate surface area is 56.8 Å². The summed E-state index contributed by atoms with van der Waals surface area (Å²) < 4.78 is 31.9. The van der Waals surface area contributed by atoms with Crippen LogP contribution < -0.4 is 4.18 Å². The fourth-order valence-electron chi connectivity index (χ4n) is 0.396. The van der Waals surface area contributed by atoms with Gasteiger partial charge in [0.15, 0.2) is 0 Å². The van der Waals surface area contributed by atoms with Crippen molar-refractivity contribution in [3.63, 3.8) is 0 Å². The molecule has 2 N–H and O–H groups in total. The van der Waals surface area contributed by atoms with Gasteiger partial charge in [-0.2, -0.15) is 8.42 Å². The van der Waals surface area contributed by atoms with Crippen molar-refractivity contribution >= 4 is 10.4 Å². The molecule has 0 unspecified atom stereocenters. The molecule has 56 valence electrons. The molecule has 1 aromatic rings. The van der Waals surface area contributed by atoms with Gasteiger partial charge in [-0.15, -0.1) is 0 Å². The lowest BCUT2D eigenvalue weighted by molar-refractivity contribution is 0.376. The Morgan fingerprint density at radius 2 is 2.40 bits per heavy atom. The topological polar surface area (TPSA) is 92.3 Å². The molecule has 1 heterocycles. The second kappa shape index (κ2) is 2.27. The highest BCUT2D eigenvalue weighted by atomic mass is 32.3. The predicted molar refractivity (Wildman–Crippen MR) is 30.8 cm³/mol. The number of aromatic nitrogens is 2. The Morgan fingerprint density at radius 3 is 2.80 bits per heavy atom. The third-order valence-corrected chi connectivity index (χ3v) is 1.03. The molecule has 10 heavy (non-hydrogen) atoms. The van der Waals surface area contributed by atoms with Crippen molar-refractivity contribution in [3.05, 3.63) is 12.4 Å². The SMILES string of the molecule is O=S(=O)(O)Oc1ncc[nH]1. The second-order valence-corrected chi connectivity index (χ2v) is 2.43. The van der Waals surface area contributed by atoms with Gasteiger partial charge in [-0.25, -0.2) is 4.98 Å². The molecule has 0 saturated carbocycles. The first-order valence-corrected chi connectivity index (χ1v) is 3.61. The fourth-order valence-corrected chi connectivity index (χ4v) is 0.687. The summed E-state index contributed by atoms with van der Waals surface area (Å²) in [5.74, 6) is 0. The van der Waals surface area contributed by atoms with Gasteiger partial charge in [-0.1, -0.05) is 0 Å². The highest BCUT2D eigenvalue weighted by Crippen LogP contribution is 2.00. The molecule has 0 radical (unpaired) electrons. The van der Waals surface area contributed by atoms with E-state index in [0.717, 1.165) is 0 Å². The van der Waals surface area contributed by atoms with Gasteiger partial charge >= 0.3 is 16.4 Å². The van der Waals surface area contributed by atoms with Crippen LogP contribution in [0.5, 0.6) is 6.01 Å². The maximum atomic E-state index is 9.97. The quantitative estimate of drug-likeness (QED) is 0.580. The third-order valence-electron chi connectivity index (χ3n) is 0.657. The minimum atomic E-state index is -4.44. The van der Waals surface area contributed by atoms with Gasteiger partial charge in [0.2, 0.25) is 0 Å². The molecule has 0 aliphatic rings. The summed E-state index contributed by atoms with van der Waals surface area (Å²) in [7, 11) is -4.44. The molecule has 0 aromatic carbocycles. The summed E-state index contributed by atoms with van der Waals surface area (Å²) >= 11 is 0. The van der Waals surface area contributed by atoms with Crippen LogP contribution in [0.1, 0.15) is 0 Å².